The van der Waals surface area contributed by atoms with Gasteiger partial charge in [-0.15, -0.1) is 0 Å². The molecule has 1 unspecified atom stereocenters. The number of nitrogens with zero attached hydrogens (tertiary/aromatic N) is 3. The second kappa shape index (κ2) is 7.94. The molecule has 1 aliphatic rings. The van der Waals surface area contributed by atoms with Crippen LogP contribution in [0.15, 0.2) is 36.5 Å². The third-order valence-electron chi connectivity index (χ3n) is 4.36. The molecule has 5 nitrogen and oxygen atoms in total. The molecule has 1 aromatic heterocycles. The maximum absolute atomic E-state index is 12.8. The first-order valence-corrected chi connectivity index (χ1v) is 8.71. The molecule has 3 rings (SSSR count). The highest BCUT2D eigenvalue weighted by Crippen LogP contribution is 2.28. The summed E-state index contributed by atoms with van der Waals surface area (Å²) in [5.41, 5.74) is 0.974. The smallest absolute Gasteiger partial charge is 0.433 e. The molecular weight excluding hydrogens is 359 g/mol. The monoisotopic (exact) mass is 379 g/mol. The van der Waals surface area contributed by atoms with Crippen molar-refractivity contribution in [3.63, 3.8) is 0 Å². The van der Waals surface area contributed by atoms with Crippen molar-refractivity contribution in [2.75, 3.05) is 13.1 Å². The standard InChI is InChI=1S/C19H20F3N3O2/c1-13-4-2-5-14(10-13)11-17(26)25-9-3-6-15(12-25)27-18-23-8-7-16(24-18)19(20,21)22/h2,4-5,7-8,10,15H,3,6,9,11-12H2,1H3. The van der Waals surface area contributed by atoms with Crippen LogP contribution in [-0.4, -0.2) is 40.0 Å². The Hall–Kier alpha value is -2.64. The number of piperidine rings is 1. The van der Waals surface area contributed by atoms with Crippen LogP contribution >= 0.6 is 0 Å². The number of amides is 1. The molecule has 144 valence electrons. The van der Waals surface area contributed by atoms with E-state index in [1.54, 1.807) is 4.90 Å². The largest absolute Gasteiger partial charge is 0.458 e. The summed E-state index contributed by atoms with van der Waals surface area (Å²) >= 11 is 0. The van der Waals surface area contributed by atoms with E-state index in [1.165, 1.54) is 0 Å². The number of aryl methyl sites for hydroxylation is 1. The summed E-state index contributed by atoms with van der Waals surface area (Å²) in [7, 11) is 0. The molecule has 0 saturated carbocycles. The predicted molar refractivity (Wildman–Crippen MR) is 92.1 cm³/mol. The molecule has 1 fully saturated rings. The lowest BCUT2D eigenvalue weighted by Gasteiger charge is -2.32. The van der Waals surface area contributed by atoms with Crippen molar-refractivity contribution >= 4 is 5.91 Å². The number of hydrogen-bond donors (Lipinski definition) is 0. The highest BCUT2D eigenvalue weighted by molar-refractivity contribution is 5.79. The van der Waals surface area contributed by atoms with Gasteiger partial charge < -0.3 is 9.64 Å². The van der Waals surface area contributed by atoms with Crippen LogP contribution in [0.25, 0.3) is 0 Å². The maximum atomic E-state index is 12.8. The third kappa shape index (κ3) is 5.18. The molecule has 1 aliphatic heterocycles. The quantitative estimate of drug-likeness (QED) is 0.817. The van der Waals surface area contributed by atoms with E-state index in [0.717, 1.165) is 23.4 Å². The Morgan fingerprint density at radius 3 is 2.89 bits per heavy atom. The van der Waals surface area contributed by atoms with E-state index in [-0.39, 0.29) is 18.3 Å². The molecule has 0 radical (unpaired) electrons. The molecular formula is C19H20F3N3O2. The summed E-state index contributed by atoms with van der Waals surface area (Å²) in [5.74, 6) is -0.0288. The zero-order valence-corrected chi connectivity index (χ0v) is 14.9. The molecule has 1 saturated heterocycles. The second-order valence-corrected chi connectivity index (χ2v) is 6.61. The van der Waals surface area contributed by atoms with E-state index < -0.39 is 18.0 Å². The Labute approximate surface area is 155 Å². The van der Waals surface area contributed by atoms with E-state index in [0.29, 0.717) is 25.9 Å². The lowest BCUT2D eigenvalue weighted by molar-refractivity contribution is -0.141. The maximum Gasteiger partial charge on any atom is 0.433 e. The highest BCUT2D eigenvalue weighted by atomic mass is 19.4. The van der Waals surface area contributed by atoms with Crippen molar-refractivity contribution in [3.8, 4) is 6.01 Å². The van der Waals surface area contributed by atoms with Gasteiger partial charge in [-0.1, -0.05) is 29.8 Å². The lowest BCUT2D eigenvalue weighted by Crippen LogP contribution is -2.45. The molecule has 1 aromatic carbocycles. The number of carbonyl (C=O) groups excluding carboxylic acids is 1. The lowest BCUT2D eigenvalue weighted by atomic mass is 10.1. The number of hydrogen-bond acceptors (Lipinski definition) is 4. The summed E-state index contributed by atoms with van der Waals surface area (Å²) in [6.07, 6.45) is -2.33. The van der Waals surface area contributed by atoms with Crippen LogP contribution in [0.3, 0.4) is 0 Å². The first-order chi connectivity index (χ1) is 12.8. The number of halogens is 3. The normalized spacial score (nSPS) is 17.6. The Bertz CT molecular complexity index is 811. The van der Waals surface area contributed by atoms with Gasteiger partial charge >= 0.3 is 12.2 Å². The van der Waals surface area contributed by atoms with Gasteiger partial charge in [0, 0.05) is 12.7 Å². The number of benzene rings is 1. The first-order valence-electron chi connectivity index (χ1n) is 8.71. The van der Waals surface area contributed by atoms with Gasteiger partial charge in [0.25, 0.3) is 0 Å². The minimum Gasteiger partial charge on any atom is -0.458 e. The zero-order valence-electron chi connectivity index (χ0n) is 14.9. The minimum absolute atomic E-state index is 0.0288. The second-order valence-electron chi connectivity index (χ2n) is 6.61. The molecule has 8 heteroatoms. The van der Waals surface area contributed by atoms with Crippen molar-refractivity contribution in [3.05, 3.63) is 53.3 Å². The number of rotatable bonds is 4. The molecule has 0 N–H and O–H groups in total. The number of carbonyl (C=O) groups is 1. The van der Waals surface area contributed by atoms with Gasteiger partial charge in [-0.05, 0) is 31.4 Å². The fourth-order valence-electron chi connectivity index (χ4n) is 3.07. The van der Waals surface area contributed by atoms with Crippen LogP contribution in [-0.2, 0) is 17.4 Å². The Morgan fingerprint density at radius 1 is 1.33 bits per heavy atom. The van der Waals surface area contributed by atoms with Gasteiger partial charge in [0.15, 0.2) is 5.69 Å². The topological polar surface area (TPSA) is 55.3 Å². The molecule has 27 heavy (non-hydrogen) atoms. The van der Waals surface area contributed by atoms with Crippen molar-refractivity contribution < 1.29 is 22.7 Å². The van der Waals surface area contributed by atoms with E-state index in [4.69, 9.17) is 4.74 Å². The van der Waals surface area contributed by atoms with Gasteiger partial charge in [0.05, 0.1) is 13.0 Å². The summed E-state index contributed by atoms with van der Waals surface area (Å²) in [5, 5.41) is 0. The Balaban J connectivity index is 1.61. The predicted octanol–water partition coefficient (Wildman–Crippen LogP) is 3.42. The Kier molecular flexibility index (Phi) is 5.62. The molecule has 0 aliphatic carbocycles. The minimum atomic E-state index is -4.55. The molecule has 0 bridgehead atoms. The van der Waals surface area contributed by atoms with Gasteiger partial charge in [0.1, 0.15) is 6.10 Å². The van der Waals surface area contributed by atoms with Gasteiger partial charge in [-0.25, -0.2) is 4.98 Å². The molecule has 0 spiro atoms. The van der Waals surface area contributed by atoms with Crippen LogP contribution in [0.1, 0.15) is 29.7 Å². The Morgan fingerprint density at radius 2 is 2.15 bits per heavy atom. The van der Waals surface area contributed by atoms with Gasteiger partial charge in [-0.2, -0.15) is 18.2 Å². The number of alkyl halides is 3. The molecule has 1 atom stereocenters. The average Bonchev–Trinajstić information content (AvgIpc) is 2.61. The van der Waals surface area contributed by atoms with Gasteiger partial charge in [-0.3, -0.25) is 4.79 Å². The third-order valence-corrected chi connectivity index (χ3v) is 4.36. The van der Waals surface area contributed by atoms with Crippen molar-refractivity contribution in [1.29, 1.82) is 0 Å². The van der Waals surface area contributed by atoms with E-state index in [1.807, 2.05) is 31.2 Å². The van der Waals surface area contributed by atoms with Gasteiger partial charge in [0.2, 0.25) is 5.91 Å². The van der Waals surface area contributed by atoms with Crippen molar-refractivity contribution in [1.82, 2.24) is 14.9 Å². The van der Waals surface area contributed by atoms with Crippen LogP contribution in [0.2, 0.25) is 0 Å². The first kappa shape index (κ1) is 19.1. The summed E-state index contributed by atoms with van der Waals surface area (Å²) in [4.78, 5) is 21.4. The summed E-state index contributed by atoms with van der Waals surface area (Å²) < 4.78 is 43.8. The van der Waals surface area contributed by atoms with Crippen molar-refractivity contribution in [2.24, 2.45) is 0 Å². The van der Waals surface area contributed by atoms with Crippen LogP contribution < -0.4 is 4.74 Å². The SMILES string of the molecule is Cc1cccc(CC(=O)N2CCCC(Oc3nccc(C(F)(F)F)n3)C2)c1. The molecule has 2 heterocycles. The summed E-state index contributed by atoms with van der Waals surface area (Å²) in [6.45, 7) is 2.88. The molecule has 2 aromatic rings. The molecule has 1 amide bonds. The fourth-order valence-corrected chi connectivity index (χ4v) is 3.07. The van der Waals surface area contributed by atoms with Crippen LogP contribution in [0.5, 0.6) is 6.01 Å². The fraction of sp³-hybridized carbons (Fsp3) is 0.421. The number of ether oxygens (including phenoxy) is 1. The number of aromatic nitrogens is 2. The van der Waals surface area contributed by atoms with E-state index >= 15 is 0 Å². The van der Waals surface area contributed by atoms with E-state index in [9.17, 15) is 18.0 Å². The summed E-state index contributed by atoms with van der Waals surface area (Å²) in [6, 6.07) is 8.22. The van der Waals surface area contributed by atoms with Crippen LogP contribution in [0.4, 0.5) is 13.2 Å². The average molecular weight is 379 g/mol. The number of likely N-dealkylation sites (tertiary alicyclic amines) is 1. The van der Waals surface area contributed by atoms with E-state index in [2.05, 4.69) is 9.97 Å². The highest BCUT2D eigenvalue weighted by Gasteiger charge is 2.33. The van der Waals surface area contributed by atoms with Crippen molar-refractivity contribution in [2.45, 2.75) is 38.5 Å². The van der Waals surface area contributed by atoms with Crippen LogP contribution in [0, 0.1) is 6.92 Å². The zero-order chi connectivity index (χ0) is 19.4.